The maximum atomic E-state index is 11.8. The largest absolute Gasteiger partial charge is 0.471 e. The highest BCUT2D eigenvalue weighted by Crippen LogP contribution is 2.19. The molecule has 0 fully saturated rings. The van der Waals surface area contributed by atoms with Gasteiger partial charge in [-0.1, -0.05) is 29.5 Å². The molecular weight excluding hydrogens is 338 g/mol. The van der Waals surface area contributed by atoms with Crippen molar-refractivity contribution in [2.75, 3.05) is 0 Å². The normalized spacial score (nSPS) is 12.0. The molecule has 0 aliphatic rings. The number of carbonyl (C=O) groups excluding carboxylic acids is 1. The lowest BCUT2D eigenvalue weighted by atomic mass is 10.0. The summed E-state index contributed by atoms with van der Waals surface area (Å²) in [6.07, 6.45) is 3.35. The van der Waals surface area contributed by atoms with Gasteiger partial charge in [0.2, 0.25) is 0 Å². The Kier molecular flexibility index (Phi) is 6.17. The van der Waals surface area contributed by atoms with Gasteiger partial charge in [-0.05, 0) is 57.9 Å². The fourth-order valence-corrected chi connectivity index (χ4v) is 2.42. The van der Waals surface area contributed by atoms with Crippen molar-refractivity contribution in [2.24, 2.45) is 0 Å². The van der Waals surface area contributed by atoms with E-state index in [1.807, 2.05) is 45.9 Å². The van der Waals surface area contributed by atoms with Gasteiger partial charge >= 0.3 is 6.09 Å². The van der Waals surface area contributed by atoms with Gasteiger partial charge in [0, 0.05) is 16.6 Å². The van der Waals surface area contributed by atoms with Crippen molar-refractivity contribution < 1.29 is 13.9 Å². The molecule has 25 heavy (non-hydrogen) atoms. The molecule has 1 amide bonds. The fourth-order valence-electron chi connectivity index (χ4n) is 2.16. The first kappa shape index (κ1) is 19.0. The topological polar surface area (TPSA) is 51.5 Å². The Morgan fingerprint density at radius 2 is 2.00 bits per heavy atom. The number of hydrogen-bond acceptors (Lipinski definition) is 3. The van der Waals surface area contributed by atoms with Crippen LogP contribution in [0.2, 0.25) is 5.02 Å². The molecule has 1 aromatic carbocycles. The maximum Gasteiger partial charge on any atom is 0.407 e. The van der Waals surface area contributed by atoms with Crippen LogP contribution in [0.4, 0.5) is 4.79 Å². The Hall–Kier alpha value is -2.38. The van der Waals surface area contributed by atoms with Crippen molar-refractivity contribution in [2.45, 2.75) is 45.8 Å². The minimum absolute atomic E-state index is 0.102. The third-order valence-electron chi connectivity index (χ3n) is 3.21. The van der Waals surface area contributed by atoms with E-state index >= 15 is 0 Å². The van der Waals surface area contributed by atoms with E-state index in [2.05, 4.69) is 17.2 Å². The molecule has 0 aliphatic carbocycles. The summed E-state index contributed by atoms with van der Waals surface area (Å²) in [6.45, 7) is 7.40. The van der Waals surface area contributed by atoms with Crippen LogP contribution in [0.15, 0.2) is 41.2 Å². The highest BCUT2D eigenvalue weighted by molar-refractivity contribution is 6.31. The Morgan fingerprint density at radius 1 is 1.28 bits per heavy atom. The monoisotopic (exact) mass is 359 g/mol. The Labute approximate surface area is 153 Å². The molecule has 0 saturated carbocycles. The van der Waals surface area contributed by atoms with Crippen molar-refractivity contribution in [3.63, 3.8) is 0 Å². The van der Waals surface area contributed by atoms with Crippen LogP contribution in [-0.2, 0) is 11.2 Å². The average Bonchev–Trinajstić information content (AvgIpc) is 2.98. The molecule has 1 atom stereocenters. The second kappa shape index (κ2) is 8.13. The average molecular weight is 360 g/mol. The van der Waals surface area contributed by atoms with E-state index in [4.69, 9.17) is 20.8 Å². The zero-order valence-electron chi connectivity index (χ0n) is 14.9. The van der Waals surface area contributed by atoms with Crippen molar-refractivity contribution >= 4 is 17.7 Å². The van der Waals surface area contributed by atoms with Gasteiger partial charge in [0.1, 0.15) is 11.9 Å². The first-order valence-corrected chi connectivity index (χ1v) is 8.43. The van der Waals surface area contributed by atoms with Crippen LogP contribution in [0.5, 0.6) is 0 Å². The lowest BCUT2D eigenvalue weighted by molar-refractivity contribution is 0.0508. The zero-order valence-corrected chi connectivity index (χ0v) is 15.6. The number of furan rings is 1. The summed E-state index contributed by atoms with van der Waals surface area (Å²) in [5, 5.41) is 3.43. The van der Waals surface area contributed by atoms with Crippen LogP contribution in [0, 0.1) is 11.8 Å². The molecule has 2 rings (SSSR count). The molecule has 0 bridgehead atoms. The second-order valence-corrected chi connectivity index (χ2v) is 7.23. The van der Waals surface area contributed by atoms with Crippen LogP contribution in [0.3, 0.4) is 0 Å². The van der Waals surface area contributed by atoms with Gasteiger partial charge in [-0.25, -0.2) is 4.79 Å². The van der Waals surface area contributed by atoms with E-state index in [-0.39, 0.29) is 6.04 Å². The number of benzene rings is 1. The summed E-state index contributed by atoms with van der Waals surface area (Å²) in [5.41, 5.74) is 2.06. The second-order valence-electron chi connectivity index (χ2n) is 6.82. The lowest BCUT2D eigenvalue weighted by Gasteiger charge is -2.22. The standard InChI is InChI=1S/C20H22ClNO3/c1-14(22-19(23)25-20(2,3)4)11-17-8-7-15(12-18(17)21)5-6-16-9-10-24-13-16/h7-10,12-14H,11H2,1-4H3,(H,22,23). The van der Waals surface area contributed by atoms with Gasteiger partial charge < -0.3 is 14.5 Å². The minimum atomic E-state index is -0.517. The molecule has 2 aromatic rings. The molecule has 0 radical (unpaired) electrons. The molecule has 1 unspecified atom stereocenters. The lowest BCUT2D eigenvalue weighted by Crippen LogP contribution is -2.38. The van der Waals surface area contributed by atoms with E-state index in [1.165, 1.54) is 0 Å². The van der Waals surface area contributed by atoms with Crippen LogP contribution >= 0.6 is 11.6 Å². The molecule has 1 N–H and O–H groups in total. The Balaban J connectivity index is 1.97. The first-order chi connectivity index (χ1) is 11.7. The van der Waals surface area contributed by atoms with Crippen LogP contribution in [-0.4, -0.2) is 17.7 Å². The van der Waals surface area contributed by atoms with Gasteiger partial charge in [-0.15, -0.1) is 0 Å². The molecule has 0 saturated heterocycles. The molecule has 4 nitrogen and oxygen atoms in total. The smallest absolute Gasteiger partial charge is 0.407 e. The van der Waals surface area contributed by atoms with E-state index in [9.17, 15) is 4.79 Å². The number of carbonyl (C=O) groups is 1. The molecule has 0 spiro atoms. The Morgan fingerprint density at radius 3 is 2.60 bits per heavy atom. The number of alkyl carbamates (subject to hydrolysis) is 1. The maximum absolute atomic E-state index is 11.8. The quantitative estimate of drug-likeness (QED) is 0.802. The molecule has 1 aromatic heterocycles. The minimum Gasteiger partial charge on any atom is -0.471 e. The summed E-state index contributed by atoms with van der Waals surface area (Å²) in [5.74, 6) is 6.04. The highest BCUT2D eigenvalue weighted by atomic mass is 35.5. The summed E-state index contributed by atoms with van der Waals surface area (Å²) >= 11 is 6.35. The zero-order chi connectivity index (χ0) is 18.4. The summed E-state index contributed by atoms with van der Waals surface area (Å²) in [6, 6.07) is 7.36. The molecule has 132 valence electrons. The van der Waals surface area contributed by atoms with Gasteiger partial charge in [-0.3, -0.25) is 0 Å². The van der Waals surface area contributed by atoms with Crippen molar-refractivity contribution in [1.82, 2.24) is 5.32 Å². The van der Waals surface area contributed by atoms with Gasteiger partial charge in [0.05, 0.1) is 11.8 Å². The van der Waals surface area contributed by atoms with Crippen molar-refractivity contribution in [1.29, 1.82) is 0 Å². The van der Waals surface area contributed by atoms with E-state index in [1.54, 1.807) is 18.6 Å². The number of hydrogen-bond donors (Lipinski definition) is 1. The van der Waals surface area contributed by atoms with Gasteiger partial charge in [0.15, 0.2) is 0 Å². The SMILES string of the molecule is CC(Cc1ccc(C#Cc2ccoc2)cc1Cl)NC(=O)OC(C)(C)C. The predicted octanol–water partition coefficient (Wildman–Crippen LogP) is 4.79. The summed E-state index contributed by atoms with van der Waals surface area (Å²) in [7, 11) is 0. The number of nitrogens with one attached hydrogen (secondary N) is 1. The van der Waals surface area contributed by atoms with Gasteiger partial charge in [0.25, 0.3) is 0 Å². The fraction of sp³-hybridized carbons (Fsp3) is 0.350. The highest BCUT2D eigenvalue weighted by Gasteiger charge is 2.18. The molecule has 1 heterocycles. The van der Waals surface area contributed by atoms with E-state index in [0.29, 0.717) is 11.4 Å². The third kappa shape index (κ3) is 6.56. The number of ether oxygens (including phenoxy) is 1. The first-order valence-electron chi connectivity index (χ1n) is 8.05. The molecule has 0 aliphatic heterocycles. The predicted molar refractivity (Wildman–Crippen MR) is 98.7 cm³/mol. The van der Waals surface area contributed by atoms with Crippen LogP contribution in [0.25, 0.3) is 0 Å². The molecule has 5 heteroatoms. The number of rotatable bonds is 3. The van der Waals surface area contributed by atoms with Crippen molar-refractivity contribution in [3.05, 3.63) is 58.5 Å². The van der Waals surface area contributed by atoms with Gasteiger partial charge in [-0.2, -0.15) is 0 Å². The number of amides is 1. The van der Waals surface area contributed by atoms with E-state index in [0.717, 1.165) is 16.7 Å². The van der Waals surface area contributed by atoms with Crippen LogP contribution < -0.4 is 5.32 Å². The molecular formula is C20H22ClNO3. The van der Waals surface area contributed by atoms with Crippen LogP contribution in [0.1, 0.15) is 44.4 Å². The number of halogens is 1. The third-order valence-corrected chi connectivity index (χ3v) is 3.57. The Bertz CT molecular complexity index is 780. The summed E-state index contributed by atoms with van der Waals surface area (Å²) in [4.78, 5) is 11.8. The van der Waals surface area contributed by atoms with Crippen molar-refractivity contribution in [3.8, 4) is 11.8 Å². The summed E-state index contributed by atoms with van der Waals surface area (Å²) < 4.78 is 10.2. The van der Waals surface area contributed by atoms with E-state index < -0.39 is 11.7 Å².